The van der Waals surface area contributed by atoms with Crippen LogP contribution >= 0.6 is 0 Å². The molecule has 0 aromatic carbocycles. The van der Waals surface area contributed by atoms with E-state index in [-0.39, 0.29) is 38.7 Å². The van der Waals surface area contributed by atoms with Crippen molar-refractivity contribution >= 4 is 5.96 Å². The number of piperidine rings is 1. The molecular formula is C9H18N3Y-. The standard InChI is InChI=1S/C9H18N3.Y/c1-7(2)8-3-5-12(6-4-8)9(10)11;/h7-8H,3-6H2,1-2H3,(H2-,10,11);/q-1;. The average Bonchev–Trinajstić information content (AvgIpc) is 2.04. The molecule has 0 aliphatic carbocycles. The van der Waals surface area contributed by atoms with E-state index < -0.39 is 0 Å². The van der Waals surface area contributed by atoms with E-state index in [4.69, 9.17) is 11.1 Å². The Bertz CT molecular complexity index is 162. The molecule has 1 aliphatic heterocycles. The van der Waals surface area contributed by atoms with Crippen molar-refractivity contribution in [1.82, 2.24) is 4.90 Å². The summed E-state index contributed by atoms with van der Waals surface area (Å²) >= 11 is 0. The monoisotopic (exact) mass is 257 g/mol. The van der Waals surface area contributed by atoms with E-state index in [2.05, 4.69) is 13.8 Å². The van der Waals surface area contributed by atoms with E-state index in [1.165, 1.54) is 0 Å². The summed E-state index contributed by atoms with van der Waals surface area (Å²) in [5.41, 5.74) is 7.15. The third kappa shape index (κ3) is 3.94. The van der Waals surface area contributed by atoms with Crippen LogP contribution in [0.15, 0.2) is 0 Å². The fourth-order valence-corrected chi connectivity index (χ4v) is 1.79. The molecule has 0 aromatic rings. The van der Waals surface area contributed by atoms with Gasteiger partial charge in [-0.3, -0.25) is 0 Å². The fraction of sp³-hybridized carbons (Fsp3) is 0.889. The van der Waals surface area contributed by atoms with Gasteiger partial charge in [0.15, 0.2) is 0 Å². The molecule has 2 N–H and O–H groups in total. The van der Waals surface area contributed by atoms with Crippen LogP contribution < -0.4 is 0 Å². The maximum atomic E-state index is 7.15. The first-order valence-corrected chi connectivity index (χ1v) is 4.66. The zero-order chi connectivity index (χ0) is 9.14. The maximum Gasteiger partial charge on any atom is 0.00267 e. The van der Waals surface area contributed by atoms with Crippen molar-refractivity contribution in [2.24, 2.45) is 11.8 Å². The number of nitrogens with one attached hydrogen (secondary N) is 2. The molecule has 0 aromatic heterocycles. The Labute approximate surface area is 106 Å². The minimum atomic E-state index is -0.0165. The normalized spacial score (nSPS) is 18.5. The third-order valence-corrected chi connectivity index (χ3v) is 2.80. The summed E-state index contributed by atoms with van der Waals surface area (Å²) in [7, 11) is 0. The van der Waals surface area contributed by atoms with E-state index in [1.807, 2.05) is 4.90 Å². The average molecular weight is 257 g/mol. The van der Waals surface area contributed by atoms with Crippen LogP contribution in [0, 0.1) is 17.2 Å². The van der Waals surface area contributed by atoms with Gasteiger partial charge in [0.1, 0.15) is 0 Å². The van der Waals surface area contributed by atoms with Gasteiger partial charge in [-0.25, -0.2) is 0 Å². The van der Waals surface area contributed by atoms with Crippen LogP contribution in [0.25, 0.3) is 5.73 Å². The molecule has 73 valence electrons. The van der Waals surface area contributed by atoms with Gasteiger partial charge in [-0.15, -0.1) is 0 Å². The zero-order valence-corrected chi connectivity index (χ0v) is 11.3. The Hall–Kier alpha value is 0.374. The van der Waals surface area contributed by atoms with Crippen molar-refractivity contribution in [2.45, 2.75) is 26.7 Å². The van der Waals surface area contributed by atoms with Gasteiger partial charge in [-0.1, -0.05) is 13.8 Å². The van der Waals surface area contributed by atoms with Crippen molar-refractivity contribution in [3.8, 4) is 0 Å². The number of nitrogens with zero attached hydrogens (tertiary/aromatic N) is 1. The molecule has 3 nitrogen and oxygen atoms in total. The van der Waals surface area contributed by atoms with Crippen molar-refractivity contribution in [3.63, 3.8) is 0 Å². The van der Waals surface area contributed by atoms with Crippen LogP contribution in [0.4, 0.5) is 0 Å². The van der Waals surface area contributed by atoms with Crippen LogP contribution in [-0.2, 0) is 32.7 Å². The molecule has 1 saturated heterocycles. The van der Waals surface area contributed by atoms with Crippen molar-refractivity contribution < 1.29 is 32.7 Å². The third-order valence-electron chi connectivity index (χ3n) is 2.80. The van der Waals surface area contributed by atoms with Gasteiger partial charge >= 0.3 is 0 Å². The molecule has 0 saturated carbocycles. The van der Waals surface area contributed by atoms with Crippen molar-refractivity contribution in [2.75, 3.05) is 13.1 Å². The first-order valence-electron chi connectivity index (χ1n) is 4.66. The Balaban J connectivity index is 0.00000144. The topological polar surface area (TPSA) is 50.9 Å². The first-order chi connectivity index (χ1) is 5.61. The van der Waals surface area contributed by atoms with Crippen LogP contribution in [0.3, 0.4) is 0 Å². The number of rotatable bonds is 1. The predicted octanol–water partition coefficient (Wildman–Crippen LogP) is 2.34. The van der Waals surface area contributed by atoms with Crippen molar-refractivity contribution in [3.05, 3.63) is 5.73 Å². The van der Waals surface area contributed by atoms with E-state index in [0.717, 1.165) is 37.8 Å². The van der Waals surface area contributed by atoms with E-state index in [9.17, 15) is 0 Å². The molecule has 0 atom stereocenters. The number of hydrogen-bond acceptors (Lipinski definition) is 1. The summed E-state index contributed by atoms with van der Waals surface area (Å²) in [4.78, 5) is 1.85. The number of hydrogen-bond donors (Lipinski definition) is 1. The molecular weight excluding hydrogens is 239 g/mol. The van der Waals surface area contributed by atoms with Gasteiger partial charge in [0.25, 0.3) is 0 Å². The van der Waals surface area contributed by atoms with Gasteiger partial charge in [0.2, 0.25) is 0 Å². The maximum absolute atomic E-state index is 7.15. The molecule has 1 fully saturated rings. The van der Waals surface area contributed by atoms with Gasteiger partial charge in [0.05, 0.1) is 0 Å². The molecule has 1 heterocycles. The van der Waals surface area contributed by atoms with Gasteiger partial charge in [0, 0.05) is 38.7 Å². The summed E-state index contributed by atoms with van der Waals surface area (Å²) in [6, 6.07) is 0. The Morgan fingerprint density at radius 3 is 2.15 bits per heavy atom. The van der Waals surface area contributed by atoms with Crippen LogP contribution in [-0.4, -0.2) is 23.9 Å². The second kappa shape index (κ2) is 5.97. The Kier molecular flexibility index (Phi) is 6.14. The second-order valence-electron chi connectivity index (χ2n) is 3.92. The minimum Gasteiger partial charge on any atom is -0.427 e. The SMILES string of the molecule is CC(C)C1CCN(C(=N)[NH-])CC1.[Y]. The van der Waals surface area contributed by atoms with E-state index in [0.29, 0.717) is 0 Å². The summed E-state index contributed by atoms with van der Waals surface area (Å²) in [6.07, 6.45) is 2.30. The Morgan fingerprint density at radius 1 is 1.38 bits per heavy atom. The van der Waals surface area contributed by atoms with Crippen LogP contribution in [0.1, 0.15) is 26.7 Å². The quantitative estimate of drug-likeness (QED) is 0.569. The van der Waals surface area contributed by atoms with E-state index in [1.54, 1.807) is 0 Å². The molecule has 0 bridgehead atoms. The van der Waals surface area contributed by atoms with Crippen LogP contribution in [0.5, 0.6) is 0 Å². The number of guanidine groups is 1. The molecule has 13 heavy (non-hydrogen) atoms. The predicted molar refractivity (Wildman–Crippen MR) is 51.2 cm³/mol. The van der Waals surface area contributed by atoms with Gasteiger partial charge in [-0.05, 0) is 37.8 Å². The minimum absolute atomic E-state index is 0. The second-order valence-corrected chi connectivity index (χ2v) is 3.92. The molecule has 0 amide bonds. The first kappa shape index (κ1) is 13.4. The summed E-state index contributed by atoms with van der Waals surface area (Å²) in [5, 5.41) is 7.15. The molecule has 0 unspecified atom stereocenters. The van der Waals surface area contributed by atoms with Crippen LogP contribution in [0.2, 0.25) is 0 Å². The molecule has 1 radical (unpaired) electrons. The Morgan fingerprint density at radius 2 is 1.85 bits per heavy atom. The molecule has 4 heteroatoms. The van der Waals surface area contributed by atoms with E-state index >= 15 is 0 Å². The number of likely N-dealkylation sites (tertiary alicyclic amines) is 1. The largest absolute Gasteiger partial charge is 0.427 e. The zero-order valence-electron chi connectivity index (χ0n) is 8.51. The molecule has 0 spiro atoms. The summed E-state index contributed by atoms with van der Waals surface area (Å²) in [5.74, 6) is 1.55. The van der Waals surface area contributed by atoms with Crippen molar-refractivity contribution in [1.29, 1.82) is 5.41 Å². The molecule has 1 aliphatic rings. The molecule has 1 rings (SSSR count). The van der Waals surface area contributed by atoms with Gasteiger partial charge < -0.3 is 16.0 Å². The summed E-state index contributed by atoms with van der Waals surface area (Å²) in [6.45, 7) is 6.33. The summed E-state index contributed by atoms with van der Waals surface area (Å²) < 4.78 is 0. The smallest absolute Gasteiger partial charge is 0.00267 e. The van der Waals surface area contributed by atoms with Gasteiger partial charge in [-0.2, -0.15) is 0 Å². The fourth-order valence-electron chi connectivity index (χ4n) is 1.79.